The molecule has 1 aliphatic rings. The van der Waals surface area contributed by atoms with Gasteiger partial charge in [-0.3, -0.25) is 0 Å². The van der Waals surface area contributed by atoms with Crippen molar-refractivity contribution >= 4 is 66.4 Å². The predicted molar refractivity (Wildman–Crippen MR) is 213 cm³/mol. The van der Waals surface area contributed by atoms with E-state index in [9.17, 15) is 0 Å². The fourth-order valence-electron chi connectivity index (χ4n) is 8.12. The van der Waals surface area contributed by atoms with Gasteiger partial charge in [0.25, 0.3) is 0 Å². The molecule has 1 heterocycles. The molecule has 0 amide bonds. The zero-order valence-corrected chi connectivity index (χ0v) is 27.6. The molecule has 0 saturated heterocycles. The van der Waals surface area contributed by atoms with Crippen LogP contribution >= 0.6 is 0 Å². The van der Waals surface area contributed by atoms with Crippen molar-refractivity contribution in [1.82, 2.24) is 4.57 Å². The van der Waals surface area contributed by atoms with Gasteiger partial charge in [-0.1, -0.05) is 127 Å². The Morgan fingerprint density at radius 2 is 1.18 bits per heavy atom. The predicted octanol–water partition coefficient (Wildman–Crippen LogP) is 13.2. The van der Waals surface area contributed by atoms with E-state index in [1.807, 2.05) is 0 Å². The van der Waals surface area contributed by atoms with Crippen molar-refractivity contribution in [2.24, 2.45) is 0 Å². The number of hydrogen-bond acceptors (Lipinski definition) is 1. The van der Waals surface area contributed by atoms with Crippen LogP contribution in [0.4, 0.5) is 17.1 Å². The maximum atomic E-state index is 2.49. The lowest BCUT2D eigenvalue weighted by Gasteiger charge is -2.28. The van der Waals surface area contributed by atoms with Crippen molar-refractivity contribution in [1.29, 1.82) is 0 Å². The quantitative estimate of drug-likeness (QED) is 0.182. The van der Waals surface area contributed by atoms with Gasteiger partial charge in [0, 0.05) is 39.1 Å². The normalized spacial score (nSPS) is 12.6. The van der Waals surface area contributed by atoms with Gasteiger partial charge in [-0.05, 0) is 105 Å². The molecule has 0 spiro atoms. The Bertz CT molecular complexity index is 2750. The minimum Gasteiger partial charge on any atom is -0.313 e. The minimum atomic E-state index is 1.03. The number of fused-ring (bicyclic) bond motifs is 7. The van der Waals surface area contributed by atoms with E-state index in [2.05, 4.69) is 191 Å². The molecule has 0 radical (unpaired) electrons. The Hall–Kier alpha value is -6.38. The van der Waals surface area contributed by atoms with E-state index >= 15 is 0 Å². The van der Waals surface area contributed by atoms with E-state index in [0.29, 0.717) is 0 Å². The number of para-hydroxylation sites is 1. The van der Waals surface area contributed by atoms with Crippen molar-refractivity contribution < 1.29 is 0 Å². The molecule has 2 nitrogen and oxygen atoms in total. The third-order valence-corrected chi connectivity index (χ3v) is 10.4. The van der Waals surface area contributed by atoms with Crippen molar-refractivity contribution in [3.63, 3.8) is 0 Å². The zero-order chi connectivity index (χ0) is 33.0. The number of benzene rings is 8. The maximum absolute atomic E-state index is 2.49. The van der Waals surface area contributed by atoms with Gasteiger partial charge in [0.1, 0.15) is 0 Å². The molecular formula is C48H34N2. The summed E-state index contributed by atoms with van der Waals surface area (Å²) in [5, 5.41) is 8.92. The molecule has 0 fully saturated rings. The number of nitrogens with zero attached hydrogens (tertiary/aromatic N) is 2. The third-order valence-electron chi connectivity index (χ3n) is 10.4. The largest absolute Gasteiger partial charge is 0.313 e. The van der Waals surface area contributed by atoms with Crippen LogP contribution in [0.3, 0.4) is 0 Å². The van der Waals surface area contributed by atoms with Crippen LogP contribution in [0.2, 0.25) is 0 Å². The highest BCUT2D eigenvalue weighted by molar-refractivity contribution is 6.12. The lowest BCUT2D eigenvalue weighted by molar-refractivity contribution is 0.888. The Kier molecular flexibility index (Phi) is 6.67. The topological polar surface area (TPSA) is 8.17 Å². The van der Waals surface area contributed by atoms with Crippen LogP contribution in [0.25, 0.3) is 66.1 Å². The smallest absolute Gasteiger partial charge is 0.0544 e. The van der Waals surface area contributed by atoms with Crippen LogP contribution in [0, 0.1) is 0 Å². The Morgan fingerprint density at radius 3 is 2.02 bits per heavy atom. The molecule has 0 unspecified atom stereocenters. The van der Waals surface area contributed by atoms with Gasteiger partial charge >= 0.3 is 0 Å². The van der Waals surface area contributed by atoms with Gasteiger partial charge in [-0.2, -0.15) is 0 Å². The van der Waals surface area contributed by atoms with Crippen molar-refractivity contribution in [3.8, 4) is 16.8 Å². The van der Waals surface area contributed by atoms with Crippen LogP contribution in [0.15, 0.2) is 176 Å². The Morgan fingerprint density at radius 1 is 0.500 bits per heavy atom. The van der Waals surface area contributed by atoms with E-state index in [-0.39, 0.29) is 0 Å². The van der Waals surface area contributed by atoms with Crippen LogP contribution in [-0.4, -0.2) is 4.57 Å². The Balaban J connectivity index is 1.13. The summed E-state index contributed by atoms with van der Waals surface area (Å²) in [6.07, 6.45) is 6.75. The second-order valence-electron chi connectivity index (χ2n) is 13.2. The number of aromatic nitrogens is 1. The molecule has 0 aliphatic heterocycles. The Labute approximate surface area is 291 Å². The van der Waals surface area contributed by atoms with E-state index in [4.69, 9.17) is 0 Å². The fourth-order valence-corrected chi connectivity index (χ4v) is 8.12. The average molecular weight is 639 g/mol. The van der Waals surface area contributed by atoms with E-state index < -0.39 is 0 Å². The van der Waals surface area contributed by atoms with Crippen LogP contribution in [-0.2, 0) is 6.42 Å². The molecule has 1 aromatic heterocycles. The zero-order valence-electron chi connectivity index (χ0n) is 27.6. The summed E-state index contributed by atoms with van der Waals surface area (Å²) in [7, 11) is 0. The van der Waals surface area contributed by atoms with Crippen LogP contribution < -0.4 is 4.90 Å². The first-order valence-electron chi connectivity index (χ1n) is 17.5. The SMILES string of the molecule is C1=Cc2c(n(-c3ccc(N(c4ccccc4)c4ccc(-c5ccc6ccccc6c5)c5ccccc45)cc3)c3ccc4ccccc4c23)CC1. The number of rotatable bonds is 5. The highest BCUT2D eigenvalue weighted by Gasteiger charge is 2.22. The van der Waals surface area contributed by atoms with Gasteiger partial charge in [0.05, 0.1) is 11.2 Å². The summed E-state index contributed by atoms with van der Waals surface area (Å²) in [6.45, 7) is 0. The molecule has 8 aromatic carbocycles. The minimum absolute atomic E-state index is 1.03. The van der Waals surface area contributed by atoms with Crippen LogP contribution in [0.5, 0.6) is 0 Å². The van der Waals surface area contributed by atoms with E-state index in [1.54, 1.807) is 0 Å². The van der Waals surface area contributed by atoms with Gasteiger partial charge in [-0.25, -0.2) is 0 Å². The molecule has 0 N–H and O–H groups in total. The second-order valence-corrected chi connectivity index (χ2v) is 13.2. The molecular weight excluding hydrogens is 605 g/mol. The first kappa shape index (κ1) is 28.6. The third kappa shape index (κ3) is 4.57. The molecule has 0 saturated carbocycles. The molecule has 0 bridgehead atoms. The monoisotopic (exact) mass is 638 g/mol. The van der Waals surface area contributed by atoms with Gasteiger partial charge in [0.2, 0.25) is 0 Å². The van der Waals surface area contributed by atoms with Crippen LogP contribution in [0.1, 0.15) is 17.7 Å². The van der Waals surface area contributed by atoms with Crippen molar-refractivity contribution in [2.45, 2.75) is 12.8 Å². The molecule has 236 valence electrons. The molecule has 10 rings (SSSR count). The lowest BCUT2D eigenvalue weighted by Crippen LogP contribution is -2.11. The second kappa shape index (κ2) is 11.6. The molecule has 0 atom stereocenters. The standard InChI is InChI=1S/C48H34N2/c1-2-15-37(16-3-1)49(46-31-29-40(42-18-8-9-19-43(42)46)36-23-22-33-12-4-5-14-35(33)32-36)38-25-27-39(28-26-38)50-45-21-11-10-20-44(45)48-41-17-7-6-13-34(41)24-30-47(48)50/h1-10,12-20,22-32H,11,21H2. The summed E-state index contributed by atoms with van der Waals surface area (Å²) in [4.78, 5) is 2.40. The maximum Gasteiger partial charge on any atom is 0.0544 e. The summed E-state index contributed by atoms with van der Waals surface area (Å²) in [5.74, 6) is 0. The lowest BCUT2D eigenvalue weighted by atomic mass is 9.95. The van der Waals surface area contributed by atoms with Gasteiger partial charge in [0.15, 0.2) is 0 Å². The molecule has 50 heavy (non-hydrogen) atoms. The van der Waals surface area contributed by atoms with Gasteiger partial charge in [-0.15, -0.1) is 0 Å². The number of allylic oxidation sites excluding steroid dienone is 1. The van der Waals surface area contributed by atoms with E-state index in [0.717, 1.165) is 29.9 Å². The molecule has 9 aromatic rings. The summed E-state index contributed by atoms with van der Waals surface area (Å²) in [6, 6.07) is 62.0. The fraction of sp³-hybridized carbons (Fsp3) is 0.0417. The average Bonchev–Trinajstić information content (AvgIpc) is 3.53. The van der Waals surface area contributed by atoms with E-state index in [1.165, 1.54) is 71.3 Å². The first-order valence-corrected chi connectivity index (χ1v) is 17.5. The van der Waals surface area contributed by atoms with Crippen molar-refractivity contribution in [2.75, 3.05) is 4.90 Å². The summed E-state index contributed by atoms with van der Waals surface area (Å²) >= 11 is 0. The number of anilines is 3. The summed E-state index contributed by atoms with van der Waals surface area (Å²) in [5.41, 5.74) is 11.1. The summed E-state index contributed by atoms with van der Waals surface area (Å²) < 4.78 is 2.49. The first-order chi connectivity index (χ1) is 24.8. The molecule has 2 heteroatoms. The highest BCUT2D eigenvalue weighted by atomic mass is 15.1. The highest BCUT2D eigenvalue weighted by Crippen LogP contribution is 2.43. The number of hydrogen-bond donors (Lipinski definition) is 0. The molecule has 1 aliphatic carbocycles. The van der Waals surface area contributed by atoms with Gasteiger partial charge < -0.3 is 9.47 Å². The van der Waals surface area contributed by atoms with Crippen molar-refractivity contribution in [3.05, 3.63) is 187 Å².